The molecular weight excluding hydrogens is 350 g/mol. The number of allylic oxidation sites excluding steroid dienone is 1. The van der Waals surface area contributed by atoms with Gasteiger partial charge in [0.05, 0.1) is 18.1 Å². The third-order valence-electron chi connectivity index (χ3n) is 2.83. The van der Waals surface area contributed by atoms with E-state index in [0.29, 0.717) is 16.5 Å². The molecule has 1 aromatic carbocycles. The van der Waals surface area contributed by atoms with Gasteiger partial charge in [-0.15, -0.1) is 6.42 Å². The van der Waals surface area contributed by atoms with E-state index in [2.05, 4.69) is 26.2 Å². The number of ether oxygens (including phenoxy) is 1. The number of carbonyl (C=O) groups is 1. The number of nitrogens with two attached hydrogens (primary N) is 1. The van der Waals surface area contributed by atoms with Crippen LogP contribution in [0.5, 0.6) is 5.88 Å². The van der Waals surface area contributed by atoms with Gasteiger partial charge in [-0.25, -0.2) is 15.0 Å². The van der Waals surface area contributed by atoms with Gasteiger partial charge in [-0.2, -0.15) is 0 Å². The minimum Gasteiger partial charge on any atom is -0.463 e. The zero-order valence-corrected chi connectivity index (χ0v) is 14.9. The number of amides is 1. The first-order chi connectivity index (χ1) is 12.6. The van der Waals surface area contributed by atoms with Crippen LogP contribution in [0.25, 0.3) is 0 Å². The van der Waals surface area contributed by atoms with Crippen molar-refractivity contribution < 1.29 is 9.53 Å². The lowest BCUT2D eigenvalue weighted by molar-refractivity contribution is 0.102. The molecule has 2 aromatic rings. The fourth-order valence-corrected chi connectivity index (χ4v) is 2.20. The van der Waals surface area contributed by atoms with Crippen LogP contribution in [0, 0.1) is 12.3 Å². The lowest BCUT2D eigenvalue weighted by Gasteiger charge is -2.06. The number of thioether (sulfide) groups is 1. The van der Waals surface area contributed by atoms with Crippen LogP contribution in [0.1, 0.15) is 17.4 Å². The van der Waals surface area contributed by atoms with Gasteiger partial charge >= 0.3 is 0 Å². The highest BCUT2D eigenvalue weighted by Gasteiger charge is 2.09. The Bertz CT molecular complexity index is 857. The first-order valence-electron chi connectivity index (χ1n) is 7.54. The summed E-state index contributed by atoms with van der Waals surface area (Å²) in [5, 5.41) is 4.97. The van der Waals surface area contributed by atoms with Crippen LogP contribution in [0.15, 0.2) is 53.1 Å². The molecule has 0 atom stereocenters. The SMILES string of the molecule is C#CCOc1cnc(C(=O)Nc2cccc(/N=C(/N)S/C=C\C)c2)cn1. The van der Waals surface area contributed by atoms with Crippen molar-refractivity contribution in [2.75, 3.05) is 11.9 Å². The molecule has 1 amide bonds. The van der Waals surface area contributed by atoms with Crippen molar-refractivity contribution >= 4 is 34.2 Å². The van der Waals surface area contributed by atoms with E-state index in [1.165, 1.54) is 24.2 Å². The molecule has 0 spiro atoms. The minimum absolute atomic E-state index is 0.0863. The summed E-state index contributed by atoms with van der Waals surface area (Å²) in [7, 11) is 0. The third-order valence-corrected chi connectivity index (χ3v) is 3.57. The van der Waals surface area contributed by atoms with Gasteiger partial charge in [0.1, 0.15) is 5.69 Å². The zero-order chi connectivity index (χ0) is 18.8. The highest BCUT2D eigenvalue weighted by atomic mass is 32.2. The van der Waals surface area contributed by atoms with Crippen molar-refractivity contribution in [1.82, 2.24) is 9.97 Å². The predicted octanol–water partition coefficient (Wildman–Crippen LogP) is 2.95. The highest BCUT2D eigenvalue weighted by molar-refractivity contribution is 8.16. The van der Waals surface area contributed by atoms with Crippen molar-refractivity contribution in [3.8, 4) is 18.2 Å². The van der Waals surface area contributed by atoms with Crippen LogP contribution in [0.2, 0.25) is 0 Å². The third kappa shape index (κ3) is 5.96. The van der Waals surface area contributed by atoms with Crippen LogP contribution in [-0.2, 0) is 0 Å². The molecule has 26 heavy (non-hydrogen) atoms. The number of rotatable bonds is 6. The van der Waals surface area contributed by atoms with Crippen molar-refractivity contribution in [2.24, 2.45) is 10.7 Å². The molecule has 3 N–H and O–H groups in total. The quantitative estimate of drug-likeness (QED) is 0.462. The summed E-state index contributed by atoms with van der Waals surface area (Å²) in [4.78, 5) is 24.5. The van der Waals surface area contributed by atoms with Crippen LogP contribution >= 0.6 is 11.8 Å². The van der Waals surface area contributed by atoms with E-state index in [1.807, 2.05) is 18.4 Å². The Morgan fingerprint density at radius 1 is 1.46 bits per heavy atom. The normalized spacial score (nSPS) is 11.2. The van der Waals surface area contributed by atoms with E-state index in [0.717, 1.165) is 0 Å². The molecule has 0 unspecified atom stereocenters. The molecule has 1 aromatic heterocycles. The maximum absolute atomic E-state index is 12.3. The van der Waals surface area contributed by atoms with Crippen LogP contribution in [-0.4, -0.2) is 27.6 Å². The Morgan fingerprint density at radius 3 is 3.00 bits per heavy atom. The monoisotopic (exact) mass is 367 g/mol. The predicted molar refractivity (Wildman–Crippen MR) is 104 cm³/mol. The molecule has 0 saturated carbocycles. The van der Waals surface area contributed by atoms with Gasteiger partial charge in [0.15, 0.2) is 11.8 Å². The van der Waals surface area contributed by atoms with Gasteiger partial charge in [-0.3, -0.25) is 4.79 Å². The summed E-state index contributed by atoms with van der Waals surface area (Å²) in [6, 6.07) is 7.00. The molecule has 0 radical (unpaired) electrons. The molecule has 132 valence electrons. The summed E-state index contributed by atoms with van der Waals surface area (Å²) < 4.78 is 5.11. The lowest BCUT2D eigenvalue weighted by atomic mass is 10.2. The number of aliphatic imine (C=N–C) groups is 1. The largest absolute Gasteiger partial charge is 0.463 e. The van der Waals surface area contributed by atoms with Crippen LogP contribution in [0.4, 0.5) is 11.4 Å². The van der Waals surface area contributed by atoms with Crippen LogP contribution in [0.3, 0.4) is 0 Å². The average Bonchev–Trinajstić information content (AvgIpc) is 2.65. The second kappa shape index (κ2) is 9.86. The maximum atomic E-state index is 12.3. The van der Waals surface area contributed by atoms with E-state index in [1.54, 1.807) is 24.3 Å². The smallest absolute Gasteiger partial charge is 0.275 e. The van der Waals surface area contributed by atoms with Crippen molar-refractivity contribution in [3.05, 3.63) is 53.8 Å². The van der Waals surface area contributed by atoms with Gasteiger partial charge < -0.3 is 15.8 Å². The number of nitrogens with one attached hydrogen (secondary N) is 1. The number of amidine groups is 1. The fourth-order valence-electron chi connectivity index (χ4n) is 1.76. The second-order valence-electron chi connectivity index (χ2n) is 4.77. The van der Waals surface area contributed by atoms with Crippen LogP contribution < -0.4 is 15.8 Å². The Hall–Kier alpha value is -3.31. The van der Waals surface area contributed by atoms with Gasteiger partial charge in [0.25, 0.3) is 5.91 Å². The number of aromatic nitrogens is 2. The molecule has 1 heterocycles. The van der Waals surface area contributed by atoms with Gasteiger partial charge in [0.2, 0.25) is 5.88 Å². The number of carbonyl (C=O) groups excluding carboxylic acids is 1. The lowest BCUT2D eigenvalue weighted by Crippen LogP contribution is -2.14. The Labute approximate surface area is 155 Å². The molecule has 0 saturated heterocycles. The number of benzene rings is 1. The summed E-state index contributed by atoms with van der Waals surface area (Å²) >= 11 is 1.31. The number of anilines is 1. The molecule has 8 heteroatoms. The Balaban J connectivity index is 2.05. The first-order valence-corrected chi connectivity index (χ1v) is 8.42. The minimum atomic E-state index is -0.404. The molecule has 0 aliphatic rings. The molecule has 0 aliphatic carbocycles. The molecule has 0 fully saturated rings. The van der Waals surface area contributed by atoms with E-state index in [9.17, 15) is 4.79 Å². The summed E-state index contributed by atoms with van der Waals surface area (Å²) in [6.07, 6.45) is 9.62. The zero-order valence-electron chi connectivity index (χ0n) is 14.0. The fraction of sp³-hybridized carbons (Fsp3) is 0.111. The maximum Gasteiger partial charge on any atom is 0.275 e. The second-order valence-corrected chi connectivity index (χ2v) is 5.70. The van der Waals surface area contributed by atoms with E-state index in [-0.39, 0.29) is 18.2 Å². The summed E-state index contributed by atoms with van der Waals surface area (Å²) in [5.74, 6) is 2.17. The summed E-state index contributed by atoms with van der Waals surface area (Å²) in [6.45, 7) is 1.98. The van der Waals surface area contributed by atoms with Gasteiger partial charge in [-0.05, 0) is 30.5 Å². The van der Waals surface area contributed by atoms with Gasteiger partial charge in [-0.1, -0.05) is 29.8 Å². The molecular formula is C18H17N5O2S. The first kappa shape index (κ1) is 19.0. The number of hydrogen-bond acceptors (Lipinski definition) is 6. The summed E-state index contributed by atoms with van der Waals surface area (Å²) in [5.41, 5.74) is 7.15. The standard InChI is InChI=1S/C18H17N5O2S/c1-3-8-25-16-12-20-15(11-21-16)17(24)22-13-6-5-7-14(10-13)23-18(19)26-9-4-2/h1,4-7,9-12H,8H2,2H3,(H2,19,23)(H,22,24)/b9-4-. The molecule has 7 nitrogen and oxygen atoms in total. The van der Waals surface area contributed by atoms with Crippen molar-refractivity contribution in [3.63, 3.8) is 0 Å². The number of nitrogens with zero attached hydrogens (tertiary/aromatic N) is 3. The Morgan fingerprint density at radius 2 is 2.31 bits per heavy atom. The van der Waals surface area contributed by atoms with E-state index < -0.39 is 5.91 Å². The number of terminal acetylenes is 1. The van der Waals surface area contributed by atoms with Crippen molar-refractivity contribution in [1.29, 1.82) is 0 Å². The average molecular weight is 367 g/mol. The van der Waals surface area contributed by atoms with E-state index >= 15 is 0 Å². The van der Waals surface area contributed by atoms with E-state index in [4.69, 9.17) is 16.9 Å². The van der Waals surface area contributed by atoms with Crippen molar-refractivity contribution in [2.45, 2.75) is 6.92 Å². The molecule has 2 rings (SSSR count). The van der Waals surface area contributed by atoms with Gasteiger partial charge in [0, 0.05) is 5.69 Å². The highest BCUT2D eigenvalue weighted by Crippen LogP contribution is 2.20. The molecule has 0 aliphatic heterocycles. The number of hydrogen-bond donors (Lipinski definition) is 2. The molecule has 0 bridgehead atoms. The topological polar surface area (TPSA) is 102 Å². The Kier molecular flexibility index (Phi) is 7.21.